The Bertz CT molecular complexity index is 502. The maximum atomic E-state index is 13.1. The zero-order valence-corrected chi connectivity index (χ0v) is 14.1. The van der Waals surface area contributed by atoms with Gasteiger partial charge in [0.05, 0.1) is 5.92 Å². The fourth-order valence-electron chi connectivity index (χ4n) is 3.95. The number of hydrogen-bond acceptors (Lipinski definition) is 1. The van der Waals surface area contributed by atoms with Crippen molar-refractivity contribution in [2.45, 2.75) is 56.9 Å². The van der Waals surface area contributed by atoms with Crippen LogP contribution in [0.4, 0.5) is 0 Å². The lowest BCUT2D eigenvalue weighted by Crippen LogP contribution is -2.39. The van der Waals surface area contributed by atoms with Crippen LogP contribution in [0.5, 0.6) is 0 Å². The molecule has 1 aliphatic carbocycles. The maximum Gasteiger partial charge on any atom is 0.230 e. The number of carbonyl (C=O) groups excluding carboxylic acids is 1. The smallest absolute Gasteiger partial charge is 0.230 e. The van der Waals surface area contributed by atoms with Crippen molar-refractivity contribution >= 4 is 21.8 Å². The summed E-state index contributed by atoms with van der Waals surface area (Å²) in [5, 5.41) is 1.04. The second-order valence-electron chi connectivity index (χ2n) is 6.30. The number of amides is 1. The van der Waals surface area contributed by atoms with E-state index in [1.54, 1.807) is 0 Å². The Labute approximate surface area is 136 Å². The summed E-state index contributed by atoms with van der Waals surface area (Å²) in [6, 6.07) is 9.02. The van der Waals surface area contributed by atoms with Gasteiger partial charge in [0, 0.05) is 17.9 Å². The molecule has 114 valence electrons. The Morgan fingerprint density at radius 2 is 2.10 bits per heavy atom. The first-order chi connectivity index (χ1) is 10.3. The molecule has 0 N–H and O–H groups in total. The largest absolute Gasteiger partial charge is 0.339 e. The van der Waals surface area contributed by atoms with E-state index in [0.29, 0.717) is 11.9 Å². The monoisotopic (exact) mass is 349 g/mol. The summed E-state index contributed by atoms with van der Waals surface area (Å²) >= 11 is 3.51. The normalized spacial score (nSPS) is 24.9. The van der Waals surface area contributed by atoms with Gasteiger partial charge in [-0.05, 0) is 56.1 Å². The van der Waals surface area contributed by atoms with Gasteiger partial charge in [-0.2, -0.15) is 0 Å². The van der Waals surface area contributed by atoms with Crippen LogP contribution in [0.15, 0.2) is 24.3 Å². The molecule has 2 atom stereocenters. The Morgan fingerprint density at radius 3 is 2.95 bits per heavy atom. The minimum Gasteiger partial charge on any atom is -0.339 e. The highest BCUT2D eigenvalue weighted by Gasteiger charge is 2.35. The number of nitrogens with zero attached hydrogens (tertiary/aromatic N) is 1. The predicted molar refractivity (Wildman–Crippen MR) is 89.9 cm³/mol. The van der Waals surface area contributed by atoms with Crippen LogP contribution in [0.2, 0.25) is 0 Å². The number of aryl methyl sites for hydroxylation is 1. The molecule has 1 fully saturated rings. The molecule has 0 saturated carbocycles. The van der Waals surface area contributed by atoms with E-state index in [9.17, 15) is 4.79 Å². The summed E-state index contributed by atoms with van der Waals surface area (Å²) in [4.78, 5) is 15.2. The average molecular weight is 350 g/mol. The van der Waals surface area contributed by atoms with E-state index in [2.05, 4.69) is 45.1 Å². The Balaban J connectivity index is 1.76. The Kier molecular flexibility index (Phi) is 4.99. The molecule has 2 unspecified atom stereocenters. The molecule has 3 rings (SSSR count). The quantitative estimate of drug-likeness (QED) is 0.743. The second kappa shape index (κ2) is 6.95. The van der Waals surface area contributed by atoms with Gasteiger partial charge in [-0.1, -0.05) is 40.2 Å². The van der Waals surface area contributed by atoms with Crippen LogP contribution < -0.4 is 0 Å². The number of alkyl halides is 1. The Hall–Kier alpha value is -0.830. The Morgan fingerprint density at radius 1 is 1.24 bits per heavy atom. The van der Waals surface area contributed by atoms with E-state index in [0.717, 1.165) is 44.0 Å². The molecule has 1 saturated heterocycles. The van der Waals surface area contributed by atoms with E-state index < -0.39 is 0 Å². The van der Waals surface area contributed by atoms with Crippen LogP contribution in [0.25, 0.3) is 0 Å². The average Bonchev–Trinajstić information content (AvgIpc) is 3.00. The van der Waals surface area contributed by atoms with Crippen molar-refractivity contribution in [2.75, 3.05) is 11.9 Å². The van der Waals surface area contributed by atoms with Gasteiger partial charge in [0.1, 0.15) is 0 Å². The van der Waals surface area contributed by atoms with Gasteiger partial charge in [-0.25, -0.2) is 0 Å². The third-order valence-electron chi connectivity index (χ3n) is 5.00. The van der Waals surface area contributed by atoms with Crippen molar-refractivity contribution in [3.8, 4) is 0 Å². The number of likely N-dealkylation sites (tertiary alicyclic amines) is 1. The minimum atomic E-state index is 0.111. The lowest BCUT2D eigenvalue weighted by atomic mass is 9.82. The molecule has 3 heteroatoms. The minimum absolute atomic E-state index is 0.111. The van der Waals surface area contributed by atoms with Crippen LogP contribution >= 0.6 is 15.9 Å². The standard InChI is InChI=1S/C18H24BrNO/c19-12-4-8-15-9-5-13-20(15)18(21)17-11-3-7-14-6-1-2-10-16(14)17/h1-2,6,10,15,17H,3-5,7-9,11-13H2. The lowest BCUT2D eigenvalue weighted by Gasteiger charge is -2.32. The van der Waals surface area contributed by atoms with E-state index in [-0.39, 0.29) is 5.92 Å². The van der Waals surface area contributed by atoms with Crippen LogP contribution in [0.3, 0.4) is 0 Å². The molecule has 0 bridgehead atoms. The molecule has 1 aromatic rings. The van der Waals surface area contributed by atoms with E-state index in [4.69, 9.17) is 0 Å². The molecule has 0 spiro atoms. The molecule has 0 aromatic heterocycles. The number of benzene rings is 1. The number of rotatable bonds is 4. The summed E-state index contributed by atoms with van der Waals surface area (Å²) in [6.07, 6.45) is 7.97. The highest BCUT2D eigenvalue weighted by molar-refractivity contribution is 9.09. The highest BCUT2D eigenvalue weighted by atomic mass is 79.9. The van der Waals surface area contributed by atoms with Crippen molar-refractivity contribution in [3.63, 3.8) is 0 Å². The third-order valence-corrected chi connectivity index (χ3v) is 5.56. The summed E-state index contributed by atoms with van der Waals surface area (Å²) in [5.74, 6) is 0.499. The molecule has 1 aromatic carbocycles. The molecule has 21 heavy (non-hydrogen) atoms. The first-order valence-electron chi connectivity index (χ1n) is 8.25. The SMILES string of the molecule is O=C(C1CCCc2ccccc21)N1CCCC1CCCBr. The van der Waals surface area contributed by atoms with Crippen molar-refractivity contribution in [2.24, 2.45) is 0 Å². The fourth-order valence-corrected chi connectivity index (χ4v) is 4.27. The first-order valence-corrected chi connectivity index (χ1v) is 9.37. The van der Waals surface area contributed by atoms with Crippen molar-refractivity contribution in [1.29, 1.82) is 0 Å². The first kappa shape index (κ1) is 15.1. The molecule has 0 radical (unpaired) electrons. The third kappa shape index (κ3) is 3.18. The van der Waals surface area contributed by atoms with Crippen LogP contribution in [-0.4, -0.2) is 28.7 Å². The molecule has 2 aliphatic rings. The van der Waals surface area contributed by atoms with Crippen molar-refractivity contribution < 1.29 is 4.79 Å². The fraction of sp³-hybridized carbons (Fsp3) is 0.611. The van der Waals surface area contributed by atoms with Gasteiger partial charge in [0.2, 0.25) is 5.91 Å². The summed E-state index contributed by atoms with van der Waals surface area (Å²) in [7, 11) is 0. The van der Waals surface area contributed by atoms with E-state index in [1.165, 1.54) is 24.0 Å². The molecule has 1 aliphatic heterocycles. The molecular formula is C18H24BrNO. The van der Waals surface area contributed by atoms with Gasteiger partial charge < -0.3 is 4.90 Å². The van der Waals surface area contributed by atoms with E-state index in [1.807, 2.05) is 0 Å². The second-order valence-corrected chi connectivity index (χ2v) is 7.10. The zero-order valence-electron chi connectivity index (χ0n) is 12.6. The topological polar surface area (TPSA) is 20.3 Å². The van der Waals surface area contributed by atoms with Crippen LogP contribution in [0, 0.1) is 0 Å². The summed E-state index contributed by atoms with van der Waals surface area (Å²) in [6.45, 7) is 0.963. The van der Waals surface area contributed by atoms with Crippen molar-refractivity contribution in [1.82, 2.24) is 4.90 Å². The molecular weight excluding hydrogens is 326 g/mol. The number of hydrogen-bond donors (Lipinski definition) is 0. The number of fused-ring (bicyclic) bond motifs is 1. The van der Waals surface area contributed by atoms with Crippen LogP contribution in [-0.2, 0) is 11.2 Å². The van der Waals surface area contributed by atoms with Crippen molar-refractivity contribution in [3.05, 3.63) is 35.4 Å². The molecule has 1 amide bonds. The lowest BCUT2D eigenvalue weighted by molar-refractivity contribution is -0.134. The maximum absolute atomic E-state index is 13.1. The van der Waals surface area contributed by atoms with Gasteiger partial charge in [0.15, 0.2) is 0 Å². The van der Waals surface area contributed by atoms with E-state index >= 15 is 0 Å². The highest BCUT2D eigenvalue weighted by Crippen LogP contribution is 2.35. The van der Waals surface area contributed by atoms with Gasteiger partial charge in [-0.3, -0.25) is 4.79 Å². The molecule has 1 heterocycles. The predicted octanol–water partition coefficient (Wildman–Crippen LogP) is 4.27. The summed E-state index contributed by atoms with van der Waals surface area (Å²) < 4.78 is 0. The number of carbonyl (C=O) groups is 1. The number of halogens is 1. The van der Waals surface area contributed by atoms with Crippen LogP contribution in [0.1, 0.15) is 55.6 Å². The van der Waals surface area contributed by atoms with Gasteiger partial charge in [-0.15, -0.1) is 0 Å². The van der Waals surface area contributed by atoms with Gasteiger partial charge >= 0.3 is 0 Å². The zero-order chi connectivity index (χ0) is 14.7. The molecule has 2 nitrogen and oxygen atoms in total. The summed E-state index contributed by atoms with van der Waals surface area (Å²) in [5.41, 5.74) is 2.68. The van der Waals surface area contributed by atoms with Gasteiger partial charge in [0.25, 0.3) is 0 Å².